The molecule has 58 heavy (non-hydrogen) atoms. The fraction of sp³-hybridized carbons (Fsp3) is 0.407. The zero-order valence-electron chi connectivity index (χ0n) is 36.1. The monoisotopic (exact) mass is 906 g/mol. The molecule has 0 unspecified atom stereocenters. The van der Waals surface area contributed by atoms with E-state index in [9.17, 15) is 0 Å². The molecule has 0 spiro atoms. The van der Waals surface area contributed by atoms with Gasteiger partial charge in [0, 0.05) is 0 Å². The van der Waals surface area contributed by atoms with Gasteiger partial charge in [0.25, 0.3) is 0 Å². The second kappa shape index (κ2) is 28.3. The van der Waals surface area contributed by atoms with Crippen molar-refractivity contribution in [1.82, 2.24) is 0 Å². The van der Waals surface area contributed by atoms with Gasteiger partial charge in [0.2, 0.25) is 0 Å². The predicted molar refractivity (Wildman–Crippen MR) is 261 cm³/mol. The van der Waals surface area contributed by atoms with Crippen LogP contribution in [-0.4, -0.2) is 6.88 Å². The molecule has 0 aromatic heterocycles. The van der Waals surface area contributed by atoms with Crippen LogP contribution in [0.3, 0.4) is 0 Å². The molecule has 6 aromatic rings. The Labute approximate surface area is 383 Å². The molecule has 0 nitrogen and oxygen atoms in total. The maximum absolute atomic E-state index is 3.49. The summed E-state index contributed by atoms with van der Waals surface area (Å²) < 4.78 is 0. The summed E-state index contributed by atoms with van der Waals surface area (Å²) in [5.74, 6) is 1.79. The Morgan fingerprint density at radius 3 is 1.17 bits per heavy atom. The van der Waals surface area contributed by atoms with Crippen LogP contribution in [0.1, 0.15) is 126 Å². The molecule has 0 N–H and O–H groups in total. The Bertz CT molecular complexity index is 1830. The summed E-state index contributed by atoms with van der Waals surface area (Å²) in [7, 11) is 0. The van der Waals surface area contributed by atoms with E-state index in [0.29, 0.717) is 0 Å². The Hall–Kier alpha value is -2.22. The van der Waals surface area contributed by atoms with Gasteiger partial charge in [-0.15, -0.1) is 93.9 Å². The van der Waals surface area contributed by atoms with Gasteiger partial charge >= 0.3 is 30.2 Å². The van der Waals surface area contributed by atoms with Crippen LogP contribution in [0.25, 0.3) is 43.8 Å². The van der Waals surface area contributed by atoms with Crippen LogP contribution < -0.4 is 0 Å². The third-order valence-corrected chi connectivity index (χ3v) is 12.0. The van der Waals surface area contributed by atoms with Crippen LogP contribution in [-0.2, 0) is 49.0 Å². The minimum atomic E-state index is 0. The molecule has 6 aromatic carbocycles. The number of aryl methyl sites for hydroxylation is 2. The second-order valence-corrected chi connectivity index (χ2v) is 16.1. The Kier molecular flexibility index (Phi) is 25.4. The van der Waals surface area contributed by atoms with Gasteiger partial charge in [-0.05, 0) is 59.8 Å². The quantitative estimate of drug-likeness (QED) is 0.0811. The van der Waals surface area contributed by atoms with Crippen LogP contribution in [0.5, 0.6) is 0 Å². The fourth-order valence-corrected chi connectivity index (χ4v) is 8.98. The average Bonchev–Trinajstić information content (AvgIpc) is 3.62. The molecule has 2 aliphatic rings. The van der Waals surface area contributed by atoms with Gasteiger partial charge in [-0.2, -0.15) is 18.6 Å². The number of hydrogen-bond donors (Lipinski definition) is 0. The topological polar surface area (TPSA) is 0 Å². The second-order valence-electron chi connectivity index (χ2n) is 16.1. The first-order chi connectivity index (χ1) is 27.1. The van der Waals surface area contributed by atoms with E-state index < -0.39 is 0 Å². The van der Waals surface area contributed by atoms with E-state index in [-0.39, 0.29) is 32.2 Å². The standard InChI is InChI=1S/2C25H29.C3H7.CH3.2ClH.Si.Zr/c2*1-2-19-12-14-22(15-13-19)24-11-7-10-23-17-21(18-25(23)24)16-20-8-5-3-4-6-9-20;1-3-2;;;;;/h2*7,10-15,17-18,20H,2-6,8-9,16H2,1H3;1,3H2,2H3;1H3;2*1H;;/q4*-1;;;;. The van der Waals surface area contributed by atoms with Gasteiger partial charge in [0.1, 0.15) is 0 Å². The van der Waals surface area contributed by atoms with Crippen molar-refractivity contribution in [2.45, 2.75) is 130 Å². The first kappa shape index (κ1) is 51.9. The van der Waals surface area contributed by atoms with Crippen molar-refractivity contribution >= 4 is 53.2 Å². The average molecular weight is 909 g/mol. The van der Waals surface area contributed by atoms with Crippen LogP contribution >= 0.6 is 24.8 Å². The third kappa shape index (κ3) is 15.0. The summed E-state index contributed by atoms with van der Waals surface area (Å²) in [6.45, 7) is 13.0. The van der Waals surface area contributed by atoms with E-state index in [1.54, 1.807) is 11.1 Å². The van der Waals surface area contributed by atoms with Crippen molar-refractivity contribution in [1.29, 1.82) is 0 Å². The van der Waals surface area contributed by atoms with E-state index in [4.69, 9.17) is 0 Å². The molecule has 0 heterocycles. The molecule has 2 saturated carbocycles. The van der Waals surface area contributed by atoms with Crippen LogP contribution in [0, 0.1) is 26.2 Å². The van der Waals surface area contributed by atoms with Crippen LogP contribution in [0.15, 0.2) is 109 Å². The van der Waals surface area contributed by atoms with E-state index >= 15 is 0 Å². The maximum atomic E-state index is 3.49. The molecule has 2 aliphatic carbocycles. The predicted octanol–water partition coefficient (Wildman–Crippen LogP) is 16.7. The molecule has 8 rings (SSSR count). The molecular weight excluding hydrogens is 839 g/mol. The molecule has 0 aliphatic heterocycles. The molecule has 0 bridgehead atoms. The number of benzene rings is 4. The number of rotatable bonds is 8. The molecule has 312 valence electrons. The fourth-order valence-electron chi connectivity index (χ4n) is 8.98. The van der Waals surface area contributed by atoms with E-state index in [0.717, 1.165) is 31.1 Å². The normalized spacial score (nSPS) is 14.3. The first-order valence-corrected chi connectivity index (χ1v) is 25.9. The molecular formula is C54H70Cl2SiZr-4. The number of halogens is 2. The molecule has 2 radical (unpaired) electrons. The van der Waals surface area contributed by atoms with Gasteiger partial charge in [0.05, 0.1) is 0 Å². The summed E-state index contributed by atoms with van der Waals surface area (Å²) in [6, 6.07) is 41.5. The summed E-state index contributed by atoms with van der Waals surface area (Å²) in [6.07, 6.45) is 22.9. The van der Waals surface area contributed by atoms with Gasteiger partial charge < -0.3 is 14.4 Å². The van der Waals surface area contributed by atoms with E-state index in [1.807, 2.05) is 6.92 Å². The summed E-state index contributed by atoms with van der Waals surface area (Å²) in [5.41, 5.74) is 11.3. The molecule has 2 fully saturated rings. The van der Waals surface area contributed by atoms with Gasteiger partial charge in [-0.25, -0.2) is 0 Å². The Morgan fingerprint density at radius 2 is 0.862 bits per heavy atom. The van der Waals surface area contributed by atoms with Gasteiger partial charge in [-0.1, -0.05) is 170 Å². The van der Waals surface area contributed by atoms with E-state index in [1.165, 1.54) is 168 Å². The van der Waals surface area contributed by atoms with Crippen LogP contribution in [0.2, 0.25) is 0 Å². The van der Waals surface area contributed by atoms with Gasteiger partial charge in [-0.3, -0.25) is 0 Å². The third-order valence-electron chi connectivity index (χ3n) is 12.0. The number of fused-ring (bicyclic) bond motifs is 2. The zero-order chi connectivity index (χ0) is 38.8. The molecule has 0 saturated heterocycles. The van der Waals surface area contributed by atoms with Crippen molar-refractivity contribution in [2.24, 2.45) is 11.8 Å². The summed E-state index contributed by atoms with van der Waals surface area (Å²) in [4.78, 5) is 0. The van der Waals surface area contributed by atoms with Crippen molar-refractivity contribution in [2.75, 3.05) is 0 Å². The minimum absolute atomic E-state index is 0. The Balaban J connectivity index is 0.000000344. The van der Waals surface area contributed by atoms with E-state index in [2.05, 4.69) is 137 Å². The van der Waals surface area contributed by atoms with Crippen molar-refractivity contribution in [3.63, 3.8) is 0 Å². The number of hydrogen-bond acceptors (Lipinski definition) is 0. The van der Waals surface area contributed by atoms with Crippen molar-refractivity contribution in [3.05, 3.63) is 146 Å². The van der Waals surface area contributed by atoms with Crippen molar-refractivity contribution in [3.8, 4) is 22.3 Å². The summed E-state index contributed by atoms with van der Waals surface area (Å²) >= 11 is 1.36. The summed E-state index contributed by atoms with van der Waals surface area (Å²) in [5, 5.41) is 5.66. The van der Waals surface area contributed by atoms with Crippen LogP contribution in [0.4, 0.5) is 0 Å². The Morgan fingerprint density at radius 1 is 0.534 bits per heavy atom. The zero-order valence-corrected chi connectivity index (χ0v) is 41.2. The van der Waals surface area contributed by atoms with Gasteiger partial charge in [0.15, 0.2) is 0 Å². The molecule has 0 amide bonds. The molecule has 0 atom stereocenters. The molecule has 4 heteroatoms. The SMILES string of the molecule is CCc1ccc(-c2cccc3[cH-]c(CC4CCCCCC4)cc23)cc1.CCc1ccc(-c2cccc3[cH-]c(CC4CCCCCC4)cc23)cc1.Cl.Cl.[CH2-]CC.[CH3-].[Si]=[Zr]. The van der Waals surface area contributed by atoms with Crippen molar-refractivity contribution < 1.29 is 23.3 Å². The first-order valence-electron chi connectivity index (χ1n) is 21.7.